The van der Waals surface area contributed by atoms with Gasteiger partial charge < -0.3 is 10.6 Å². The van der Waals surface area contributed by atoms with Gasteiger partial charge in [0.1, 0.15) is 12.1 Å². The van der Waals surface area contributed by atoms with Gasteiger partial charge >= 0.3 is 0 Å². The van der Waals surface area contributed by atoms with Crippen LogP contribution in [0.2, 0.25) is 0 Å². The second-order valence-electron chi connectivity index (χ2n) is 5.05. The quantitative estimate of drug-likeness (QED) is 0.729. The van der Waals surface area contributed by atoms with E-state index in [1.54, 1.807) is 12.4 Å². The van der Waals surface area contributed by atoms with Crippen LogP contribution in [0.4, 0.5) is 5.82 Å². The highest BCUT2D eigenvalue weighted by molar-refractivity contribution is 5.88. The number of nitrogens with zero attached hydrogens (tertiary/aromatic N) is 3. The van der Waals surface area contributed by atoms with Crippen molar-refractivity contribution in [3.63, 3.8) is 0 Å². The Bertz CT molecular complexity index is 786. The largest absolute Gasteiger partial charge is 0.369 e. The molecule has 0 saturated heterocycles. The number of para-hydroxylation sites is 1. The standard InChI is InChI=1S/C17H17N5O/c23-16(20-11-13-4-3-8-18-10-13)7-9-19-17-14-5-1-2-6-15(14)21-12-22-17/h1-6,8,10,12H,7,9,11H2,(H,20,23)(H,19,21,22). The molecule has 0 saturated carbocycles. The molecule has 0 bridgehead atoms. The number of amides is 1. The summed E-state index contributed by atoms with van der Waals surface area (Å²) in [4.78, 5) is 24.3. The van der Waals surface area contributed by atoms with E-state index in [2.05, 4.69) is 25.6 Å². The van der Waals surface area contributed by atoms with Crippen LogP contribution in [0.5, 0.6) is 0 Å². The number of fused-ring (bicyclic) bond motifs is 1. The molecule has 1 aromatic carbocycles. The van der Waals surface area contributed by atoms with Crippen molar-refractivity contribution in [1.29, 1.82) is 0 Å². The summed E-state index contributed by atoms with van der Waals surface area (Å²) in [5.74, 6) is 0.732. The first-order chi connectivity index (χ1) is 11.3. The van der Waals surface area contributed by atoms with E-state index >= 15 is 0 Å². The molecule has 0 aliphatic carbocycles. The summed E-state index contributed by atoms with van der Waals surface area (Å²) >= 11 is 0. The minimum Gasteiger partial charge on any atom is -0.369 e. The zero-order chi connectivity index (χ0) is 15.9. The van der Waals surface area contributed by atoms with E-state index in [1.807, 2.05) is 36.4 Å². The van der Waals surface area contributed by atoms with Crippen LogP contribution in [-0.2, 0) is 11.3 Å². The Hall–Kier alpha value is -3.02. The molecule has 3 rings (SSSR count). The van der Waals surface area contributed by atoms with Gasteiger partial charge in [0.25, 0.3) is 0 Å². The van der Waals surface area contributed by atoms with Crippen LogP contribution in [0.1, 0.15) is 12.0 Å². The topological polar surface area (TPSA) is 79.8 Å². The second-order valence-corrected chi connectivity index (χ2v) is 5.05. The van der Waals surface area contributed by atoms with Gasteiger partial charge in [-0.15, -0.1) is 0 Å². The lowest BCUT2D eigenvalue weighted by Gasteiger charge is -2.08. The van der Waals surface area contributed by atoms with E-state index in [0.717, 1.165) is 22.3 Å². The Morgan fingerprint density at radius 3 is 2.87 bits per heavy atom. The monoisotopic (exact) mass is 307 g/mol. The number of hydrogen-bond acceptors (Lipinski definition) is 5. The predicted octanol–water partition coefficient (Wildman–Crippen LogP) is 2.14. The molecular weight excluding hydrogens is 290 g/mol. The van der Waals surface area contributed by atoms with Gasteiger partial charge in [-0.3, -0.25) is 9.78 Å². The molecule has 0 atom stereocenters. The lowest BCUT2D eigenvalue weighted by atomic mass is 10.2. The molecule has 2 N–H and O–H groups in total. The molecule has 23 heavy (non-hydrogen) atoms. The molecule has 2 aromatic heterocycles. The third kappa shape index (κ3) is 4.00. The van der Waals surface area contributed by atoms with E-state index in [0.29, 0.717) is 19.5 Å². The molecule has 0 spiro atoms. The molecule has 116 valence electrons. The third-order valence-electron chi connectivity index (χ3n) is 3.40. The zero-order valence-corrected chi connectivity index (χ0v) is 12.6. The number of carbonyl (C=O) groups excluding carboxylic acids is 1. The highest BCUT2D eigenvalue weighted by atomic mass is 16.1. The van der Waals surface area contributed by atoms with E-state index < -0.39 is 0 Å². The Morgan fingerprint density at radius 2 is 2.00 bits per heavy atom. The van der Waals surface area contributed by atoms with Gasteiger partial charge in [0.2, 0.25) is 5.91 Å². The molecule has 2 heterocycles. The minimum absolute atomic E-state index is 0.0142. The summed E-state index contributed by atoms with van der Waals surface area (Å²) in [6.45, 7) is 1.00. The molecular formula is C17H17N5O. The number of pyridine rings is 1. The van der Waals surface area contributed by atoms with Gasteiger partial charge in [0, 0.05) is 37.3 Å². The Labute approximate surface area is 134 Å². The number of aromatic nitrogens is 3. The Balaban J connectivity index is 1.50. The smallest absolute Gasteiger partial charge is 0.222 e. The SMILES string of the molecule is O=C(CCNc1ncnc2ccccc12)NCc1cccnc1. The molecule has 0 fully saturated rings. The maximum Gasteiger partial charge on any atom is 0.222 e. The van der Waals surface area contributed by atoms with Crippen molar-refractivity contribution in [2.24, 2.45) is 0 Å². The fourth-order valence-corrected chi connectivity index (χ4v) is 2.23. The predicted molar refractivity (Wildman–Crippen MR) is 88.7 cm³/mol. The summed E-state index contributed by atoms with van der Waals surface area (Å²) in [5, 5.41) is 7.01. The number of benzene rings is 1. The van der Waals surface area contributed by atoms with Crippen LogP contribution >= 0.6 is 0 Å². The molecule has 0 radical (unpaired) electrons. The van der Waals surface area contributed by atoms with Gasteiger partial charge in [-0.05, 0) is 23.8 Å². The fourth-order valence-electron chi connectivity index (χ4n) is 2.23. The van der Waals surface area contributed by atoms with Crippen LogP contribution in [-0.4, -0.2) is 27.4 Å². The normalized spacial score (nSPS) is 10.4. The van der Waals surface area contributed by atoms with Crippen LogP contribution in [0, 0.1) is 0 Å². The number of anilines is 1. The van der Waals surface area contributed by atoms with Crippen molar-refractivity contribution in [3.05, 3.63) is 60.7 Å². The van der Waals surface area contributed by atoms with E-state index in [1.165, 1.54) is 6.33 Å². The second kappa shape index (κ2) is 7.31. The molecule has 0 aliphatic rings. The molecule has 6 nitrogen and oxygen atoms in total. The van der Waals surface area contributed by atoms with Gasteiger partial charge in [0.05, 0.1) is 5.52 Å². The van der Waals surface area contributed by atoms with Gasteiger partial charge in [-0.1, -0.05) is 18.2 Å². The average Bonchev–Trinajstić information content (AvgIpc) is 2.61. The average molecular weight is 307 g/mol. The summed E-state index contributed by atoms with van der Waals surface area (Å²) in [5.41, 5.74) is 1.86. The molecule has 0 aliphatic heterocycles. The lowest BCUT2D eigenvalue weighted by Crippen LogP contribution is -2.25. The Morgan fingerprint density at radius 1 is 1.09 bits per heavy atom. The van der Waals surface area contributed by atoms with Crippen molar-refractivity contribution in [2.45, 2.75) is 13.0 Å². The summed E-state index contributed by atoms with van der Waals surface area (Å²) in [6.07, 6.45) is 5.35. The third-order valence-corrected chi connectivity index (χ3v) is 3.40. The molecule has 6 heteroatoms. The Kier molecular flexibility index (Phi) is 4.73. The van der Waals surface area contributed by atoms with Crippen molar-refractivity contribution < 1.29 is 4.79 Å². The van der Waals surface area contributed by atoms with Gasteiger partial charge in [-0.2, -0.15) is 0 Å². The van der Waals surface area contributed by atoms with E-state index in [-0.39, 0.29) is 5.91 Å². The van der Waals surface area contributed by atoms with Crippen LogP contribution < -0.4 is 10.6 Å². The maximum absolute atomic E-state index is 11.9. The van der Waals surface area contributed by atoms with Crippen molar-refractivity contribution in [3.8, 4) is 0 Å². The van der Waals surface area contributed by atoms with Gasteiger partial charge in [-0.25, -0.2) is 9.97 Å². The maximum atomic E-state index is 11.9. The number of nitrogens with one attached hydrogen (secondary N) is 2. The summed E-state index contributed by atoms with van der Waals surface area (Å²) in [6, 6.07) is 11.5. The van der Waals surface area contributed by atoms with E-state index in [4.69, 9.17) is 0 Å². The fraction of sp³-hybridized carbons (Fsp3) is 0.176. The number of carbonyl (C=O) groups is 1. The molecule has 0 unspecified atom stereocenters. The van der Waals surface area contributed by atoms with E-state index in [9.17, 15) is 4.79 Å². The molecule has 3 aromatic rings. The highest BCUT2D eigenvalue weighted by Crippen LogP contribution is 2.17. The van der Waals surface area contributed by atoms with Crippen molar-refractivity contribution in [2.75, 3.05) is 11.9 Å². The highest BCUT2D eigenvalue weighted by Gasteiger charge is 2.04. The van der Waals surface area contributed by atoms with Crippen molar-refractivity contribution >= 4 is 22.6 Å². The lowest BCUT2D eigenvalue weighted by molar-refractivity contribution is -0.121. The summed E-state index contributed by atoms with van der Waals surface area (Å²) in [7, 11) is 0. The first-order valence-electron chi connectivity index (χ1n) is 7.42. The van der Waals surface area contributed by atoms with Crippen LogP contribution in [0.3, 0.4) is 0 Å². The van der Waals surface area contributed by atoms with Gasteiger partial charge in [0.15, 0.2) is 0 Å². The van der Waals surface area contributed by atoms with Crippen LogP contribution in [0.15, 0.2) is 55.1 Å². The number of hydrogen-bond donors (Lipinski definition) is 2. The molecule has 1 amide bonds. The number of rotatable bonds is 6. The minimum atomic E-state index is -0.0142. The zero-order valence-electron chi connectivity index (χ0n) is 12.6. The first kappa shape index (κ1) is 14.9. The first-order valence-corrected chi connectivity index (χ1v) is 7.42. The summed E-state index contributed by atoms with van der Waals surface area (Å²) < 4.78 is 0. The van der Waals surface area contributed by atoms with Crippen molar-refractivity contribution in [1.82, 2.24) is 20.3 Å². The van der Waals surface area contributed by atoms with Crippen LogP contribution in [0.25, 0.3) is 10.9 Å².